The molecule has 2 aromatic carbocycles. The Balaban J connectivity index is 1.73. The van der Waals surface area contributed by atoms with Gasteiger partial charge in [0, 0.05) is 42.3 Å². The number of hydrogen-bond donors (Lipinski definition) is 3. The third-order valence-corrected chi connectivity index (χ3v) is 6.01. The first kappa shape index (κ1) is 19.9. The SMILES string of the molecule is CCN(CCNCCO)[S+]([O-])c1ccc(-c2c[nH]c3cc(F)ccc23)cc1. The van der Waals surface area contributed by atoms with Crippen LogP contribution in [0.25, 0.3) is 22.0 Å². The number of benzene rings is 2. The van der Waals surface area contributed by atoms with Gasteiger partial charge < -0.3 is 20.0 Å². The molecule has 0 saturated heterocycles. The summed E-state index contributed by atoms with van der Waals surface area (Å²) in [5.74, 6) is -0.269. The van der Waals surface area contributed by atoms with Gasteiger partial charge in [0.25, 0.3) is 0 Å². The molecule has 3 N–H and O–H groups in total. The zero-order chi connectivity index (χ0) is 19.2. The van der Waals surface area contributed by atoms with Crippen molar-refractivity contribution in [1.29, 1.82) is 0 Å². The van der Waals surface area contributed by atoms with Gasteiger partial charge in [-0.15, -0.1) is 4.31 Å². The van der Waals surface area contributed by atoms with Gasteiger partial charge in [0.05, 0.1) is 24.5 Å². The summed E-state index contributed by atoms with van der Waals surface area (Å²) in [5, 5.41) is 12.9. The molecule has 1 unspecified atom stereocenters. The Morgan fingerprint density at radius 3 is 2.67 bits per heavy atom. The Morgan fingerprint density at radius 2 is 1.96 bits per heavy atom. The summed E-state index contributed by atoms with van der Waals surface area (Å²) >= 11 is -1.24. The number of nitrogens with zero attached hydrogens (tertiary/aromatic N) is 1. The van der Waals surface area contributed by atoms with Gasteiger partial charge >= 0.3 is 0 Å². The summed E-state index contributed by atoms with van der Waals surface area (Å²) < 4.78 is 28.0. The van der Waals surface area contributed by atoms with Crippen molar-refractivity contribution in [3.8, 4) is 11.1 Å². The van der Waals surface area contributed by atoms with Crippen LogP contribution in [0.5, 0.6) is 0 Å². The summed E-state index contributed by atoms with van der Waals surface area (Å²) in [6.45, 7) is 4.58. The average Bonchev–Trinajstić information content (AvgIpc) is 3.11. The van der Waals surface area contributed by atoms with Crippen molar-refractivity contribution < 1.29 is 14.0 Å². The fourth-order valence-corrected chi connectivity index (χ4v) is 4.16. The molecule has 27 heavy (non-hydrogen) atoms. The van der Waals surface area contributed by atoms with Gasteiger partial charge in [-0.1, -0.05) is 0 Å². The van der Waals surface area contributed by atoms with Gasteiger partial charge in [0.1, 0.15) is 5.82 Å². The van der Waals surface area contributed by atoms with Gasteiger partial charge in [-0.25, -0.2) is 4.39 Å². The van der Waals surface area contributed by atoms with E-state index in [1.165, 1.54) is 12.1 Å². The molecule has 0 fully saturated rings. The number of aromatic nitrogens is 1. The molecule has 0 aliphatic heterocycles. The molecule has 7 heteroatoms. The number of halogens is 1. The van der Waals surface area contributed by atoms with Crippen LogP contribution < -0.4 is 5.32 Å². The van der Waals surface area contributed by atoms with Crippen molar-refractivity contribution in [2.24, 2.45) is 0 Å². The summed E-state index contributed by atoms with van der Waals surface area (Å²) in [5.41, 5.74) is 2.73. The third-order valence-electron chi connectivity index (χ3n) is 4.42. The van der Waals surface area contributed by atoms with E-state index in [1.807, 2.05) is 41.7 Å². The molecule has 1 atom stereocenters. The maximum atomic E-state index is 13.4. The minimum atomic E-state index is -1.24. The lowest BCUT2D eigenvalue weighted by Gasteiger charge is -2.22. The van der Waals surface area contributed by atoms with E-state index in [2.05, 4.69) is 10.3 Å². The lowest BCUT2D eigenvalue weighted by molar-refractivity contribution is 0.290. The van der Waals surface area contributed by atoms with E-state index in [-0.39, 0.29) is 12.4 Å². The molecule has 5 nitrogen and oxygen atoms in total. The molecule has 0 amide bonds. The minimum absolute atomic E-state index is 0.0944. The highest BCUT2D eigenvalue weighted by Gasteiger charge is 2.20. The molecule has 0 spiro atoms. The standard InChI is InChI=1S/C20H24FN3O2S/c1-2-24(11-9-22-10-12-25)27(26)17-6-3-15(4-7-17)19-14-23-20-13-16(21)5-8-18(19)20/h3-8,13-14,22-23,25H,2,9-12H2,1H3. The lowest BCUT2D eigenvalue weighted by atomic mass is 10.1. The van der Waals surface area contributed by atoms with Gasteiger partial charge in [0.2, 0.25) is 0 Å². The number of nitrogens with one attached hydrogen (secondary N) is 2. The first-order chi connectivity index (χ1) is 13.1. The molecular weight excluding hydrogens is 365 g/mol. The summed E-state index contributed by atoms with van der Waals surface area (Å²) in [7, 11) is 0. The largest absolute Gasteiger partial charge is 0.593 e. The van der Waals surface area contributed by atoms with Crippen molar-refractivity contribution >= 4 is 22.3 Å². The van der Waals surface area contributed by atoms with Gasteiger partial charge in [-0.3, -0.25) is 0 Å². The topological polar surface area (TPSA) is 74.3 Å². The molecule has 0 aliphatic carbocycles. The molecule has 144 valence electrons. The van der Waals surface area contributed by atoms with Crippen LogP contribution >= 0.6 is 0 Å². The van der Waals surface area contributed by atoms with Crippen LogP contribution in [0.2, 0.25) is 0 Å². The lowest BCUT2D eigenvalue weighted by Crippen LogP contribution is -2.37. The highest BCUT2D eigenvalue weighted by Crippen LogP contribution is 2.30. The first-order valence-electron chi connectivity index (χ1n) is 8.99. The maximum absolute atomic E-state index is 13.4. The van der Waals surface area contributed by atoms with E-state index in [0.717, 1.165) is 26.9 Å². The van der Waals surface area contributed by atoms with Crippen LogP contribution in [0.3, 0.4) is 0 Å². The normalized spacial score (nSPS) is 12.8. The van der Waals surface area contributed by atoms with Crippen molar-refractivity contribution in [3.63, 3.8) is 0 Å². The highest BCUT2D eigenvalue weighted by atomic mass is 32.2. The molecule has 1 heterocycles. The number of hydrogen-bond acceptors (Lipinski definition) is 4. The van der Waals surface area contributed by atoms with Gasteiger partial charge in [0.15, 0.2) is 4.90 Å². The molecule has 0 radical (unpaired) electrons. The van der Waals surface area contributed by atoms with E-state index in [9.17, 15) is 8.94 Å². The van der Waals surface area contributed by atoms with E-state index in [1.54, 1.807) is 6.07 Å². The molecule has 1 aromatic heterocycles. The summed E-state index contributed by atoms with van der Waals surface area (Å²) in [4.78, 5) is 3.84. The second kappa shape index (κ2) is 9.34. The smallest absolute Gasteiger partial charge is 0.174 e. The Hall–Kier alpha value is -1.90. The van der Waals surface area contributed by atoms with Crippen molar-refractivity contribution in [2.75, 3.05) is 32.8 Å². The Bertz CT molecular complexity index is 869. The van der Waals surface area contributed by atoms with Crippen molar-refractivity contribution in [3.05, 3.63) is 54.5 Å². The first-order valence-corrected chi connectivity index (χ1v) is 10.1. The molecule has 3 rings (SSSR count). The number of likely N-dealkylation sites (N-methyl/N-ethyl adjacent to an activating group) is 1. The third kappa shape index (κ3) is 4.69. The highest BCUT2D eigenvalue weighted by molar-refractivity contribution is 7.89. The number of H-pyrrole nitrogens is 1. The fourth-order valence-electron chi connectivity index (χ4n) is 3.00. The van der Waals surface area contributed by atoms with Crippen LogP contribution in [0.15, 0.2) is 53.6 Å². The molecular formula is C20H24FN3O2S. The molecule has 0 bridgehead atoms. The number of rotatable bonds is 9. The second-order valence-electron chi connectivity index (χ2n) is 6.16. The predicted octanol–water partition coefficient (Wildman–Crippen LogP) is 2.90. The number of aliphatic hydroxyl groups is 1. The maximum Gasteiger partial charge on any atom is 0.174 e. The minimum Gasteiger partial charge on any atom is -0.593 e. The van der Waals surface area contributed by atoms with E-state index in [0.29, 0.717) is 26.2 Å². The second-order valence-corrected chi connectivity index (χ2v) is 7.65. The van der Waals surface area contributed by atoms with Gasteiger partial charge in [-0.2, -0.15) is 0 Å². The quantitative estimate of drug-likeness (QED) is 0.389. The van der Waals surface area contributed by atoms with Gasteiger partial charge in [-0.05, 0) is 55.0 Å². The molecule has 3 aromatic rings. The fraction of sp³-hybridized carbons (Fsp3) is 0.300. The number of fused-ring (bicyclic) bond motifs is 1. The predicted molar refractivity (Wildman–Crippen MR) is 107 cm³/mol. The average molecular weight is 389 g/mol. The van der Waals surface area contributed by atoms with Crippen LogP contribution in [0.4, 0.5) is 4.39 Å². The summed E-state index contributed by atoms with van der Waals surface area (Å²) in [6, 6.07) is 12.3. The Kier molecular flexibility index (Phi) is 6.87. The van der Waals surface area contributed by atoms with Crippen LogP contribution in [-0.2, 0) is 11.4 Å². The van der Waals surface area contributed by atoms with E-state index < -0.39 is 11.4 Å². The zero-order valence-corrected chi connectivity index (χ0v) is 16.1. The number of aromatic amines is 1. The van der Waals surface area contributed by atoms with Crippen molar-refractivity contribution in [1.82, 2.24) is 14.6 Å². The van der Waals surface area contributed by atoms with Crippen LogP contribution in [0.1, 0.15) is 6.92 Å². The Labute approximate surface area is 161 Å². The molecule has 0 saturated carbocycles. The van der Waals surface area contributed by atoms with Crippen LogP contribution in [-0.4, -0.2) is 51.7 Å². The van der Waals surface area contributed by atoms with E-state index in [4.69, 9.17) is 5.11 Å². The monoisotopic (exact) mass is 389 g/mol. The zero-order valence-electron chi connectivity index (χ0n) is 15.2. The van der Waals surface area contributed by atoms with E-state index >= 15 is 0 Å². The van der Waals surface area contributed by atoms with Crippen molar-refractivity contribution in [2.45, 2.75) is 11.8 Å². The molecule has 0 aliphatic rings. The number of aliphatic hydroxyl groups excluding tert-OH is 1. The Morgan fingerprint density at radius 1 is 1.19 bits per heavy atom. The van der Waals surface area contributed by atoms with Crippen LogP contribution in [0, 0.1) is 5.82 Å². The summed E-state index contributed by atoms with van der Waals surface area (Å²) in [6.07, 6.45) is 1.86.